The first-order chi connectivity index (χ1) is 6.10. The van der Waals surface area contributed by atoms with E-state index in [9.17, 15) is 5.11 Å². The molecule has 0 radical (unpaired) electrons. The second kappa shape index (κ2) is 6.01. The van der Waals surface area contributed by atoms with Crippen LogP contribution in [0.2, 0.25) is 0 Å². The summed E-state index contributed by atoms with van der Waals surface area (Å²) in [4.78, 5) is 0. The molecule has 74 valence electrons. The van der Waals surface area contributed by atoms with Crippen molar-refractivity contribution < 1.29 is 5.11 Å². The number of alkyl halides is 1. The predicted octanol–water partition coefficient (Wildman–Crippen LogP) is 3.05. The van der Waals surface area contributed by atoms with Crippen molar-refractivity contribution in [3.05, 3.63) is 38.0 Å². The minimum Gasteiger partial charge on any atom is -0.388 e. The summed E-state index contributed by atoms with van der Waals surface area (Å²) < 4.78 is 0. The van der Waals surface area contributed by atoms with Crippen LogP contribution >= 0.6 is 11.6 Å². The fourth-order valence-corrected chi connectivity index (χ4v) is 1.51. The number of allylic oxidation sites excluding steroid dienone is 1. The van der Waals surface area contributed by atoms with Crippen molar-refractivity contribution in [2.75, 3.05) is 0 Å². The van der Waals surface area contributed by atoms with Crippen LogP contribution in [0.4, 0.5) is 0 Å². The van der Waals surface area contributed by atoms with Gasteiger partial charge in [0, 0.05) is 0 Å². The summed E-state index contributed by atoms with van der Waals surface area (Å²) >= 11 is 6.03. The van der Waals surface area contributed by atoms with E-state index in [0.29, 0.717) is 19.3 Å². The van der Waals surface area contributed by atoms with Crippen molar-refractivity contribution >= 4 is 11.6 Å². The van der Waals surface area contributed by atoms with E-state index in [0.717, 1.165) is 0 Å². The Balaban J connectivity index is 4.43. The Morgan fingerprint density at radius 3 is 1.92 bits per heavy atom. The van der Waals surface area contributed by atoms with Crippen LogP contribution in [0.1, 0.15) is 19.3 Å². The monoisotopic (exact) mass is 200 g/mol. The fraction of sp³-hybridized carbons (Fsp3) is 0.455. The van der Waals surface area contributed by atoms with E-state index >= 15 is 0 Å². The largest absolute Gasteiger partial charge is 0.388 e. The van der Waals surface area contributed by atoms with E-state index in [2.05, 4.69) is 19.7 Å². The number of aliphatic hydroxyl groups is 1. The van der Waals surface area contributed by atoms with Gasteiger partial charge in [-0.15, -0.1) is 31.3 Å². The van der Waals surface area contributed by atoms with E-state index in [1.165, 1.54) is 0 Å². The van der Waals surface area contributed by atoms with Gasteiger partial charge in [-0.3, -0.25) is 0 Å². The lowest BCUT2D eigenvalue weighted by atomic mass is 9.90. The molecule has 0 aromatic rings. The van der Waals surface area contributed by atoms with Crippen LogP contribution in [0, 0.1) is 0 Å². The summed E-state index contributed by atoms with van der Waals surface area (Å²) in [5.74, 6) is 0. The Labute approximate surface area is 85.4 Å². The van der Waals surface area contributed by atoms with Gasteiger partial charge in [0.1, 0.15) is 0 Å². The topological polar surface area (TPSA) is 20.2 Å². The van der Waals surface area contributed by atoms with Gasteiger partial charge in [0.05, 0.1) is 11.0 Å². The Hall–Kier alpha value is -0.530. The SMILES string of the molecule is C=CCC(Cl)C(O)(CC=C)CC=C. The number of hydrogen-bond donors (Lipinski definition) is 1. The lowest BCUT2D eigenvalue weighted by Crippen LogP contribution is -2.37. The molecule has 0 fully saturated rings. The minimum absolute atomic E-state index is 0.332. The molecule has 0 saturated carbocycles. The lowest BCUT2D eigenvalue weighted by molar-refractivity contribution is 0.0424. The van der Waals surface area contributed by atoms with Crippen LogP contribution in [-0.4, -0.2) is 16.1 Å². The van der Waals surface area contributed by atoms with Crippen molar-refractivity contribution in [2.24, 2.45) is 0 Å². The molecule has 1 N–H and O–H groups in total. The molecule has 0 aromatic heterocycles. The maximum atomic E-state index is 10.1. The molecule has 1 atom stereocenters. The van der Waals surface area contributed by atoms with Crippen LogP contribution in [0.15, 0.2) is 38.0 Å². The summed E-state index contributed by atoms with van der Waals surface area (Å²) in [5.41, 5.74) is -0.931. The fourth-order valence-electron chi connectivity index (χ4n) is 1.20. The van der Waals surface area contributed by atoms with Crippen molar-refractivity contribution in [3.8, 4) is 0 Å². The van der Waals surface area contributed by atoms with E-state index in [-0.39, 0.29) is 5.38 Å². The van der Waals surface area contributed by atoms with Gasteiger partial charge < -0.3 is 5.11 Å². The minimum atomic E-state index is -0.931. The molecule has 0 bridgehead atoms. The first-order valence-corrected chi connectivity index (χ1v) is 4.73. The van der Waals surface area contributed by atoms with Crippen molar-refractivity contribution in [2.45, 2.75) is 30.2 Å². The first kappa shape index (κ1) is 12.5. The van der Waals surface area contributed by atoms with Gasteiger partial charge in [-0.1, -0.05) is 18.2 Å². The van der Waals surface area contributed by atoms with Crippen molar-refractivity contribution in [1.82, 2.24) is 0 Å². The quantitative estimate of drug-likeness (QED) is 0.495. The molecule has 0 aliphatic rings. The van der Waals surface area contributed by atoms with E-state index in [4.69, 9.17) is 11.6 Å². The molecule has 0 heterocycles. The van der Waals surface area contributed by atoms with Gasteiger partial charge in [-0.2, -0.15) is 0 Å². The third kappa shape index (κ3) is 3.79. The second-order valence-corrected chi connectivity index (χ2v) is 3.61. The van der Waals surface area contributed by atoms with Gasteiger partial charge in [0.2, 0.25) is 0 Å². The standard InChI is InChI=1S/C11H17ClO/c1-4-7-10(12)11(13,8-5-2)9-6-3/h4-6,10,13H,1-3,7-9H2. The van der Waals surface area contributed by atoms with Crippen LogP contribution in [0.3, 0.4) is 0 Å². The van der Waals surface area contributed by atoms with E-state index in [1.54, 1.807) is 18.2 Å². The average Bonchev–Trinajstić information content (AvgIpc) is 2.05. The lowest BCUT2D eigenvalue weighted by Gasteiger charge is -2.30. The summed E-state index contributed by atoms with van der Waals surface area (Å²) in [7, 11) is 0. The molecular weight excluding hydrogens is 184 g/mol. The molecule has 1 nitrogen and oxygen atoms in total. The van der Waals surface area contributed by atoms with Crippen LogP contribution in [0.5, 0.6) is 0 Å². The van der Waals surface area contributed by atoms with Crippen LogP contribution < -0.4 is 0 Å². The highest BCUT2D eigenvalue weighted by Crippen LogP contribution is 2.27. The molecule has 0 rings (SSSR count). The highest BCUT2D eigenvalue weighted by molar-refractivity contribution is 6.21. The molecule has 0 amide bonds. The average molecular weight is 201 g/mol. The smallest absolute Gasteiger partial charge is 0.0881 e. The molecule has 2 heteroatoms. The van der Waals surface area contributed by atoms with Crippen LogP contribution in [-0.2, 0) is 0 Å². The molecule has 13 heavy (non-hydrogen) atoms. The van der Waals surface area contributed by atoms with Crippen molar-refractivity contribution in [1.29, 1.82) is 0 Å². The summed E-state index contributed by atoms with van der Waals surface area (Å²) in [6, 6.07) is 0. The van der Waals surface area contributed by atoms with Crippen molar-refractivity contribution in [3.63, 3.8) is 0 Å². The molecule has 0 spiro atoms. The second-order valence-electron chi connectivity index (χ2n) is 3.08. The molecule has 0 aliphatic carbocycles. The third-order valence-corrected chi connectivity index (χ3v) is 2.54. The van der Waals surface area contributed by atoms with Gasteiger partial charge >= 0.3 is 0 Å². The Kier molecular flexibility index (Phi) is 5.76. The Bertz CT molecular complexity index is 177. The molecule has 0 saturated heterocycles. The maximum Gasteiger partial charge on any atom is 0.0881 e. The number of rotatable bonds is 7. The summed E-state index contributed by atoms with van der Waals surface area (Å²) in [5, 5.41) is 9.76. The van der Waals surface area contributed by atoms with Gasteiger partial charge in [-0.05, 0) is 19.3 Å². The van der Waals surface area contributed by atoms with Crippen LogP contribution in [0.25, 0.3) is 0 Å². The zero-order chi connectivity index (χ0) is 10.3. The third-order valence-electron chi connectivity index (χ3n) is 1.95. The Morgan fingerprint density at radius 2 is 1.62 bits per heavy atom. The van der Waals surface area contributed by atoms with Gasteiger partial charge in [-0.25, -0.2) is 0 Å². The summed E-state index contributed by atoms with van der Waals surface area (Å²) in [6.07, 6.45) is 6.57. The molecular formula is C11H17ClO. The van der Waals surface area contributed by atoms with Gasteiger partial charge in [0.15, 0.2) is 0 Å². The highest BCUT2D eigenvalue weighted by Gasteiger charge is 2.31. The number of hydrogen-bond acceptors (Lipinski definition) is 1. The zero-order valence-corrected chi connectivity index (χ0v) is 8.63. The Morgan fingerprint density at radius 1 is 1.15 bits per heavy atom. The first-order valence-electron chi connectivity index (χ1n) is 4.30. The number of halogens is 1. The summed E-state index contributed by atoms with van der Waals surface area (Å²) in [6.45, 7) is 10.8. The molecule has 0 aromatic carbocycles. The zero-order valence-electron chi connectivity index (χ0n) is 7.88. The van der Waals surface area contributed by atoms with Gasteiger partial charge in [0.25, 0.3) is 0 Å². The predicted molar refractivity (Wildman–Crippen MR) is 59.0 cm³/mol. The molecule has 1 unspecified atom stereocenters. The maximum absolute atomic E-state index is 10.1. The molecule has 0 aliphatic heterocycles. The van der Waals surface area contributed by atoms with E-state index in [1.807, 2.05) is 0 Å². The van der Waals surface area contributed by atoms with E-state index < -0.39 is 5.60 Å². The normalized spacial score (nSPS) is 13.4. The highest BCUT2D eigenvalue weighted by atomic mass is 35.5.